The van der Waals surface area contributed by atoms with Gasteiger partial charge in [0.15, 0.2) is 6.10 Å². The van der Waals surface area contributed by atoms with Gasteiger partial charge in [0, 0.05) is 18.8 Å². The van der Waals surface area contributed by atoms with Crippen molar-refractivity contribution in [2.45, 2.75) is 51.6 Å². The van der Waals surface area contributed by atoms with Crippen molar-refractivity contribution >= 4 is 23.9 Å². The second-order valence-corrected chi connectivity index (χ2v) is 10.5. The molecule has 2 aromatic rings. The van der Waals surface area contributed by atoms with E-state index in [1.165, 1.54) is 0 Å². The van der Waals surface area contributed by atoms with Crippen molar-refractivity contribution in [1.82, 2.24) is 0 Å². The van der Waals surface area contributed by atoms with E-state index in [-0.39, 0.29) is 43.6 Å². The zero-order chi connectivity index (χ0) is 33.1. The highest BCUT2D eigenvalue weighted by Gasteiger charge is 2.32. The van der Waals surface area contributed by atoms with Crippen LogP contribution in [0, 0.1) is 11.8 Å². The molecular formula is C35H42O11. The van der Waals surface area contributed by atoms with Crippen LogP contribution in [0.25, 0.3) is 0 Å². The number of rotatable bonds is 19. The van der Waals surface area contributed by atoms with Crippen LogP contribution in [-0.2, 0) is 33.4 Å². The SMILES string of the molecule is C=CC(=O)OCCCCOCC(COc1ccc(OC(=O)C2CCC(C(=O)Oc3ccc(OCC)cc3)CC2)cc1)OC(=O)C=C. The van der Waals surface area contributed by atoms with Crippen molar-refractivity contribution in [3.63, 3.8) is 0 Å². The molecule has 1 fully saturated rings. The molecule has 0 N–H and O–H groups in total. The normalized spacial score (nSPS) is 16.3. The van der Waals surface area contributed by atoms with Gasteiger partial charge in [-0.1, -0.05) is 13.2 Å². The Hall–Kier alpha value is -4.64. The number of hydrogen-bond acceptors (Lipinski definition) is 11. The second kappa shape index (κ2) is 19.7. The van der Waals surface area contributed by atoms with Gasteiger partial charge in [0.1, 0.15) is 29.6 Å². The first-order valence-electron chi connectivity index (χ1n) is 15.4. The third-order valence-electron chi connectivity index (χ3n) is 7.07. The van der Waals surface area contributed by atoms with Crippen molar-refractivity contribution in [3.05, 3.63) is 73.8 Å². The van der Waals surface area contributed by atoms with Crippen molar-refractivity contribution in [1.29, 1.82) is 0 Å². The number of unbranched alkanes of at least 4 members (excludes halogenated alkanes) is 1. The standard InChI is InChI=1S/C35H42O11/c1-4-32(36)42-22-8-7-21-40-23-31(44-33(37)5-2)24-43-28-15-19-30(20-16-28)46-35(39)26-11-9-25(10-12-26)34(38)45-29-17-13-27(14-18-29)41-6-3/h4-5,13-20,25-26,31H,1-2,6-12,21-24H2,3H3. The van der Waals surface area contributed by atoms with E-state index in [1.807, 2.05) is 6.92 Å². The maximum Gasteiger partial charge on any atom is 0.330 e. The summed E-state index contributed by atoms with van der Waals surface area (Å²) in [4.78, 5) is 48.2. The highest BCUT2D eigenvalue weighted by molar-refractivity contribution is 5.81. The molecular weight excluding hydrogens is 596 g/mol. The van der Waals surface area contributed by atoms with Gasteiger partial charge in [-0.15, -0.1) is 0 Å². The summed E-state index contributed by atoms with van der Waals surface area (Å²) < 4.78 is 38.1. The van der Waals surface area contributed by atoms with E-state index < -0.39 is 18.0 Å². The molecule has 3 rings (SSSR count). The first-order chi connectivity index (χ1) is 22.3. The van der Waals surface area contributed by atoms with E-state index in [9.17, 15) is 19.2 Å². The quantitative estimate of drug-likeness (QED) is 0.0847. The lowest BCUT2D eigenvalue weighted by atomic mass is 9.82. The number of carbonyl (C=O) groups is 4. The number of hydrogen-bond donors (Lipinski definition) is 0. The molecule has 1 saturated carbocycles. The largest absolute Gasteiger partial charge is 0.494 e. The summed E-state index contributed by atoms with van der Waals surface area (Å²) in [6.07, 6.45) is 4.87. The molecule has 46 heavy (non-hydrogen) atoms. The lowest BCUT2D eigenvalue weighted by Crippen LogP contribution is -2.30. The van der Waals surface area contributed by atoms with Crippen LogP contribution >= 0.6 is 0 Å². The lowest BCUT2D eigenvalue weighted by molar-refractivity contribution is -0.148. The van der Waals surface area contributed by atoms with Crippen LogP contribution in [0.15, 0.2) is 73.8 Å². The highest BCUT2D eigenvalue weighted by atomic mass is 16.6. The van der Waals surface area contributed by atoms with E-state index in [4.69, 9.17) is 33.2 Å². The Morgan fingerprint density at radius 3 is 1.67 bits per heavy atom. The van der Waals surface area contributed by atoms with E-state index in [0.29, 0.717) is 74.7 Å². The molecule has 0 radical (unpaired) electrons. The van der Waals surface area contributed by atoms with Gasteiger partial charge >= 0.3 is 23.9 Å². The Balaban J connectivity index is 1.38. The molecule has 248 valence electrons. The minimum atomic E-state index is -0.685. The van der Waals surface area contributed by atoms with Crippen LogP contribution in [0.3, 0.4) is 0 Å². The Kier molecular flexibility index (Phi) is 15.3. The monoisotopic (exact) mass is 638 g/mol. The van der Waals surface area contributed by atoms with Crippen LogP contribution in [0.1, 0.15) is 45.4 Å². The van der Waals surface area contributed by atoms with Gasteiger partial charge in [0.05, 0.1) is 31.7 Å². The fraction of sp³-hybridized carbons (Fsp3) is 0.429. The Bertz CT molecular complexity index is 1280. The van der Waals surface area contributed by atoms with Crippen molar-refractivity contribution in [2.24, 2.45) is 11.8 Å². The number of carbonyl (C=O) groups excluding carboxylic acids is 4. The zero-order valence-electron chi connectivity index (χ0n) is 26.2. The fourth-order valence-corrected chi connectivity index (χ4v) is 4.61. The average molecular weight is 639 g/mol. The Labute approximate surface area is 269 Å². The molecule has 0 aliphatic heterocycles. The molecule has 2 aromatic carbocycles. The topological polar surface area (TPSA) is 133 Å². The summed E-state index contributed by atoms with van der Waals surface area (Å²) in [7, 11) is 0. The third kappa shape index (κ3) is 12.8. The summed E-state index contributed by atoms with van der Waals surface area (Å²) in [5.41, 5.74) is 0. The molecule has 0 amide bonds. The van der Waals surface area contributed by atoms with Gasteiger partial charge in [-0.3, -0.25) is 9.59 Å². The molecule has 11 heteroatoms. The predicted octanol–water partition coefficient (Wildman–Crippen LogP) is 5.41. The predicted molar refractivity (Wildman–Crippen MR) is 168 cm³/mol. The summed E-state index contributed by atoms with van der Waals surface area (Å²) in [6, 6.07) is 13.4. The first-order valence-corrected chi connectivity index (χ1v) is 15.4. The Morgan fingerprint density at radius 2 is 1.17 bits per heavy atom. The van der Waals surface area contributed by atoms with Gasteiger partial charge in [0.2, 0.25) is 0 Å². The number of esters is 4. The lowest BCUT2D eigenvalue weighted by Gasteiger charge is -2.25. The molecule has 1 aliphatic carbocycles. The molecule has 0 saturated heterocycles. The maximum atomic E-state index is 12.8. The summed E-state index contributed by atoms with van der Waals surface area (Å²) in [5.74, 6) is -0.297. The van der Waals surface area contributed by atoms with E-state index >= 15 is 0 Å². The van der Waals surface area contributed by atoms with E-state index in [1.54, 1.807) is 48.5 Å². The average Bonchev–Trinajstić information content (AvgIpc) is 3.08. The van der Waals surface area contributed by atoms with E-state index in [2.05, 4.69) is 13.2 Å². The van der Waals surface area contributed by atoms with Crippen molar-refractivity contribution in [2.75, 3.05) is 33.0 Å². The summed E-state index contributed by atoms with van der Waals surface area (Å²) in [6.45, 7) is 9.98. The third-order valence-corrected chi connectivity index (χ3v) is 7.07. The zero-order valence-corrected chi connectivity index (χ0v) is 26.2. The number of benzene rings is 2. The van der Waals surface area contributed by atoms with Gasteiger partial charge in [-0.05, 0) is 94.0 Å². The van der Waals surface area contributed by atoms with Crippen LogP contribution in [0.5, 0.6) is 23.0 Å². The molecule has 11 nitrogen and oxygen atoms in total. The molecule has 1 aliphatic rings. The van der Waals surface area contributed by atoms with Gasteiger partial charge in [-0.25, -0.2) is 9.59 Å². The minimum absolute atomic E-state index is 0.0277. The smallest absolute Gasteiger partial charge is 0.330 e. The minimum Gasteiger partial charge on any atom is -0.494 e. The maximum absolute atomic E-state index is 12.8. The van der Waals surface area contributed by atoms with Crippen LogP contribution in [0.2, 0.25) is 0 Å². The van der Waals surface area contributed by atoms with Crippen molar-refractivity contribution in [3.8, 4) is 23.0 Å². The Morgan fingerprint density at radius 1 is 0.696 bits per heavy atom. The van der Waals surface area contributed by atoms with Crippen LogP contribution in [0.4, 0.5) is 0 Å². The molecule has 1 atom stereocenters. The molecule has 0 bridgehead atoms. The number of ether oxygens (including phenoxy) is 7. The van der Waals surface area contributed by atoms with Gasteiger partial charge < -0.3 is 33.2 Å². The summed E-state index contributed by atoms with van der Waals surface area (Å²) >= 11 is 0. The highest BCUT2D eigenvalue weighted by Crippen LogP contribution is 2.32. The molecule has 1 unspecified atom stereocenters. The molecule has 0 heterocycles. The summed E-state index contributed by atoms with van der Waals surface area (Å²) in [5, 5.41) is 0. The second-order valence-electron chi connectivity index (χ2n) is 10.5. The molecule has 0 spiro atoms. The van der Waals surface area contributed by atoms with Gasteiger partial charge in [0.25, 0.3) is 0 Å². The first kappa shape index (κ1) is 35.8. The molecule has 0 aromatic heterocycles. The fourth-order valence-electron chi connectivity index (χ4n) is 4.61. The van der Waals surface area contributed by atoms with Crippen LogP contribution in [-0.4, -0.2) is 63.0 Å². The van der Waals surface area contributed by atoms with Crippen molar-refractivity contribution < 1.29 is 52.3 Å². The van der Waals surface area contributed by atoms with Crippen LogP contribution < -0.4 is 18.9 Å². The van der Waals surface area contributed by atoms with E-state index in [0.717, 1.165) is 12.2 Å². The van der Waals surface area contributed by atoms with Gasteiger partial charge in [-0.2, -0.15) is 0 Å².